The summed E-state index contributed by atoms with van der Waals surface area (Å²) in [5.41, 5.74) is 0.0265. The van der Waals surface area contributed by atoms with Crippen LogP contribution in [0, 0.1) is 5.41 Å². The summed E-state index contributed by atoms with van der Waals surface area (Å²) in [4.78, 5) is 12.4. The van der Waals surface area contributed by atoms with Crippen molar-refractivity contribution in [1.29, 1.82) is 0 Å². The average molecular weight is 213 g/mol. The van der Waals surface area contributed by atoms with E-state index in [0.29, 0.717) is 13.0 Å². The van der Waals surface area contributed by atoms with Crippen LogP contribution in [0.5, 0.6) is 0 Å². The monoisotopic (exact) mass is 213 g/mol. The van der Waals surface area contributed by atoms with Crippen molar-refractivity contribution in [3.05, 3.63) is 12.3 Å². The Balaban J connectivity index is 2.63. The molecule has 0 aliphatic carbocycles. The van der Waals surface area contributed by atoms with E-state index in [1.807, 2.05) is 4.90 Å². The van der Waals surface area contributed by atoms with E-state index in [-0.39, 0.29) is 11.5 Å². The second-order valence-electron chi connectivity index (χ2n) is 4.94. The van der Waals surface area contributed by atoms with Crippen molar-refractivity contribution in [2.45, 2.75) is 32.8 Å². The Kier molecular flexibility index (Phi) is 3.74. The molecule has 0 aromatic rings. The van der Waals surface area contributed by atoms with Crippen LogP contribution in [0.1, 0.15) is 26.7 Å². The van der Waals surface area contributed by atoms with Crippen molar-refractivity contribution >= 4 is 5.97 Å². The lowest BCUT2D eigenvalue weighted by Gasteiger charge is -2.28. The predicted molar refractivity (Wildman–Crippen MR) is 57.4 cm³/mol. The Morgan fingerprint density at radius 2 is 2.20 bits per heavy atom. The van der Waals surface area contributed by atoms with E-state index in [0.717, 1.165) is 19.0 Å². The molecule has 2 N–H and O–H groups in total. The number of aliphatic hydroxyl groups excluding tert-OH is 1. The molecule has 1 unspecified atom stereocenters. The summed E-state index contributed by atoms with van der Waals surface area (Å²) < 4.78 is 0. The van der Waals surface area contributed by atoms with Crippen molar-refractivity contribution in [2.75, 3.05) is 13.1 Å². The minimum atomic E-state index is -0.933. The van der Waals surface area contributed by atoms with E-state index >= 15 is 0 Å². The molecule has 1 fully saturated rings. The molecular weight excluding hydrogens is 194 g/mol. The maximum atomic E-state index is 10.4. The minimum Gasteiger partial charge on any atom is -0.478 e. The molecule has 4 nitrogen and oxygen atoms in total. The average Bonchev–Trinajstić information content (AvgIpc) is 2.20. The first kappa shape index (κ1) is 12.0. The first-order valence-corrected chi connectivity index (χ1v) is 5.22. The van der Waals surface area contributed by atoms with Gasteiger partial charge in [0.1, 0.15) is 0 Å². The molecular formula is C11H19NO3. The summed E-state index contributed by atoms with van der Waals surface area (Å²) in [5, 5.41) is 18.2. The highest BCUT2D eigenvalue weighted by Gasteiger charge is 2.27. The van der Waals surface area contributed by atoms with Crippen molar-refractivity contribution in [2.24, 2.45) is 5.41 Å². The second-order valence-corrected chi connectivity index (χ2v) is 4.94. The lowest BCUT2D eigenvalue weighted by molar-refractivity contribution is -0.131. The van der Waals surface area contributed by atoms with Crippen molar-refractivity contribution < 1.29 is 15.0 Å². The van der Waals surface area contributed by atoms with Crippen LogP contribution in [0.2, 0.25) is 0 Å². The Hall–Kier alpha value is -1.03. The number of nitrogens with zero attached hydrogens (tertiary/aromatic N) is 1. The largest absolute Gasteiger partial charge is 0.478 e. The number of aliphatic carboxylic acids is 1. The SMILES string of the molecule is CC1(C)CC(O)CCN(/C=C/C(=O)O)C1. The maximum absolute atomic E-state index is 10.4. The molecule has 1 saturated heterocycles. The number of carbonyl (C=O) groups is 1. The highest BCUT2D eigenvalue weighted by Crippen LogP contribution is 2.28. The molecule has 4 heteroatoms. The summed E-state index contributed by atoms with van der Waals surface area (Å²) in [6, 6.07) is 0. The summed E-state index contributed by atoms with van der Waals surface area (Å²) in [5.74, 6) is -0.933. The zero-order valence-corrected chi connectivity index (χ0v) is 9.31. The molecule has 1 rings (SSSR count). The molecule has 0 aromatic carbocycles. The van der Waals surface area contributed by atoms with Gasteiger partial charge in [-0.25, -0.2) is 4.79 Å². The van der Waals surface area contributed by atoms with E-state index in [1.54, 1.807) is 6.20 Å². The standard InChI is InChI=1S/C11H19NO3/c1-11(2)7-9(13)3-5-12(8-11)6-4-10(14)15/h4,6,9,13H,3,5,7-8H2,1-2H3,(H,14,15)/b6-4+. The highest BCUT2D eigenvalue weighted by atomic mass is 16.4. The lowest BCUT2D eigenvalue weighted by Crippen LogP contribution is -2.29. The lowest BCUT2D eigenvalue weighted by atomic mass is 9.87. The van der Waals surface area contributed by atoms with Gasteiger partial charge in [-0.05, 0) is 18.3 Å². The number of rotatable bonds is 2. The van der Waals surface area contributed by atoms with E-state index in [9.17, 15) is 9.90 Å². The van der Waals surface area contributed by atoms with Crippen molar-refractivity contribution in [1.82, 2.24) is 4.90 Å². The molecule has 0 bridgehead atoms. The van der Waals surface area contributed by atoms with Gasteiger partial charge in [-0.15, -0.1) is 0 Å². The number of aliphatic hydroxyl groups is 1. The fourth-order valence-corrected chi connectivity index (χ4v) is 2.04. The number of carboxylic acids is 1. The van der Waals surface area contributed by atoms with Gasteiger partial charge in [0.25, 0.3) is 0 Å². The van der Waals surface area contributed by atoms with Gasteiger partial charge >= 0.3 is 5.97 Å². The van der Waals surface area contributed by atoms with Crippen molar-refractivity contribution in [3.63, 3.8) is 0 Å². The van der Waals surface area contributed by atoms with Gasteiger partial charge in [0.15, 0.2) is 0 Å². The van der Waals surface area contributed by atoms with Crippen LogP contribution in [0.25, 0.3) is 0 Å². The number of hydrogen-bond acceptors (Lipinski definition) is 3. The first-order valence-electron chi connectivity index (χ1n) is 5.22. The van der Waals surface area contributed by atoms with Gasteiger partial charge in [-0.1, -0.05) is 13.8 Å². The third kappa shape index (κ3) is 4.34. The van der Waals surface area contributed by atoms with E-state index in [2.05, 4.69) is 13.8 Å². The van der Waals surface area contributed by atoms with Crippen molar-refractivity contribution in [3.8, 4) is 0 Å². The fraction of sp³-hybridized carbons (Fsp3) is 0.727. The van der Waals surface area contributed by atoms with E-state index in [4.69, 9.17) is 5.11 Å². The van der Waals surface area contributed by atoms with Gasteiger partial charge in [0.05, 0.1) is 6.10 Å². The van der Waals surface area contributed by atoms with Crippen LogP contribution >= 0.6 is 0 Å². The molecule has 0 spiro atoms. The smallest absolute Gasteiger partial charge is 0.329 e. The molecule has 1 heterocycles. The fourth-order valence-electron chi connectivity index (χ4n) is 2.04. The zero-order chi connectivity index (χ0) is 11.5. The Morgan fingerprint density at radius 3 is 2.80 bits per heavy atom. The van der Waals surface area contributed by atoms with Gasteiger partial charge in [-0.2, -0.15) is 0 Å². The van der Waals surface area contributed by atoms with Gasteiger partial charge in [0.2, 0.25) is 0 Å². The van der Waals surface area contributed by atoms with Crippen LogP contribution in [0.3, 0.4) is 0 Å². The van der Waals surface area contributed by atoms with Crippen LogP contribution in [0.4, 0.5) is 0 Å². The van der Waals surface area contributed by atoms with E-state index in [1.165, 1.54) is 0 Å². The van der Waals surface area contributed by atoms with Gasteiger partial charge < -0.3 is 15.1 Å². The van der Waals surface area contributed by atoms with Crippen LogP contribution in [0.15, 0.2) is 12.3 Å². The molecule has 0 saturated carbocycles. The zero-order valence-electron chi connectivity index (χ0n) is 9.31. The topological polar surface area (TPSA) is 60.8 Å². The first-order chi connectivity index (χ1) is 6.89. The Bertz CT molecular complexity index is 261. The third-order valence-electron chi connectivity index (χ3n) is 2.60. The summed E-state index contributed by atoms with van der Waals surface area (Å²) in [6.45, 7) is 5.68. The van der Waals surface area contributed by atoms with Crippen LogP contribution in [-0.2, 0) is 4.79 Å². The molecule has 15 heavy (non-hydrogen) atoms. The molecule has 0 radical (unpaired) electrons. The Labute approximate surface area is 90.2 Å². The normalized spacial score (nSPS) is 26.6. The predicted octanol–water partition coefficient (Wildman–Crippen LogP) is 1.07. The summed E-state index contributed by atoms with van der Waals surface area (Å²) in [7, 11) is 0. The molecule has 1 atom stereocenters. The van der Waals surface area contributed by atoms with Crippen LogP contribution in [-0.4, -0.2) is 40.3 Å². The summed E-state index contributed by atoms with van der Waals surface area (Å²) in [6.07, 6.45) is 3.94. The second kappa shape index (κ2) is 4.66. The number of carboxylic acid groups (broad SMARTS) is 1. The van der Waals surface area contributed by atoms with E-state index < -0.39 is 5.97 Å². The Morgan fingerprint density at radius 1 is 1.53 bits per heavy atom. The summed E-state index contributed by atoms with van der Waals surface area (Å²) >= 11 is 0. The molecule has 1 aliphatic heterocycles. The molecule has 0 amide bonds. The van der Waals surface area contributed by atoms with Gasteiger partial charge in [0, 0.05) is 25.4 Å². The maximum Gasteiger partial charge on any atom is 0.329 e. The van der Waals surface area contributed by atoms with Gasteiger partial charge in [-0.3, -0.25) is 0 Å². The number of likely N-dealkylation sites (tertiary alicyclic amines) is 1. The minimum absolute atomic E-state index is 0.0265. The quantitative estimate of drug-likeness (QED) is 0.673. The third-order valence-corrected chi connectivity index (χ3v) is 2.60. The molecule has 0 aromatic heterocycles. The molecule has 86 valence electrons. The van der Waals surface area contributed by atoms with Crippen LogP contribution < -0.4 is 0 Å². The number of hydrogen-bond donors (Lipinski definition) is 2. The molecule has 1 aliphatic rings. The highest BCUT2D eigenvalue weighted by molar-refractivity contribution is 5.79.